The number of hydrogen-bond acceptors (Lipinski definition) is 4. The van der Waals surface area contributed by atoms with Crippen LogP contribution in [-0.4, -0.2) is 17.9 Å². The molecule has 0 unspecified atom stereocenters. The third-order valence-corrected chi connectivity index (χ3v) is 2.47. The Labute approximate surface area is 109 Å². The average molecular weight is 267 g/mol. The summed E-state index contributed by atoms with van der Waals surface area (Å²) in [7, 11) is 0. The Balaban J connectivity index is 2.22. The molecule has 1 heterocycles. The minimum atomic E-state index is -0.579. The summed E-state index contributed by atoms with van der Waals surface area (Å²) < 4.78 is 9.74. The van der Waals surface area contributed by atoms with E-state index in [1.807, 2.05) is 12.1 Å². The Hall–Kier alpha value is -2.01. The molecule has 5 nitrogen and oxygen atoms in total. The van der Waals surface area contributed by atoms with Crippen molar-refractivity contribution in [2.75, 3.05) is 11.9 Å². The van der Waals surface area contributed by atoms with Crippen molar-refractivity contribution in [1.82, 2.24) is 5.16 Å². The predicted molar refractivity (Wildman–Crippen MR) is 67.6 cm³/mol. The maximum absolute atomic E-state index is 11.3. The highest BCUT2D eigenvalue weighted by Gasteiger charge is 2.13. The van der Waals surface area contributed by atoms with E-state index in [4.69, 9.17) is 20.9 Å². The van der Waals surface area contributed by atoms with E-state index in [9.17, 15) is 4.79 Å². The molecule has 1 aromatic carbocycles. The van der Waals surface area contributed by atoms with Crippen molar-refractivity contribution in [2.24, 2.45) is 0 Å². The molecule has 0 atom stereocenters. The molecule has 0 fully saturated rings. The lowest BCUT2D eigenvalue weighted by molar-refractivity contribution is 0.167. The summed E-state index contributed by atoms with van der Waals surface area (Å²) in [5, 5.41) is 6.77. The number of carbonyl (C=O) groups excluding carboxylic acids is 1. The largest absolute Gasteiger partial charge is 0.450 e. The highest BCUT2D eigenvalue weighted by Crippen LogP contribution is 2.28. The monoisotopic (exact) mass is 266 g/mol. The van der Waals surface area contributed by atoms with Gasteiger partial charge in [-0.05, 0) is 24.6 Å². The van der Waals surface area contributed by atoms with E-state index >= 15 is 0 Å². The van der Waals surface area contributed by atoms with Crippen LogP contribution in [0.5, 0.6) is 0 Å². The molecule has 18 heavy (non-hydrogen) atoms. The van der Waals surface area contributed by atoms with Crippen molar-refractivity contribution in [2.45, 2.75) is 6.92 Å². The number of anilines is 1. The van der Waals surface area contributed by atoms with Crippen molar-refractivity contribution in [3.63, 3.8) is 0 Å². The van der Waals surface area contributed by atoms with Crippen LogP contribution in [0, 0.1) is 0 Å². The molecule has 0 radical (unpaired) electrons. The number of benzene rings is 1. The number of nitrogens with zero attached hydrogens (tertiary/aromatic N) is 1. The summed E-state index contributed by atoms with van der Waals surface area (Å²) in [5.41, 5.74) is 1.51. The Morgan fingerprint density at radius 1 is 1.44 bits per heavy atom. The highest BCUT2D eigenvalue weighted by atomic mass is 35.5. The van der Waals surface area contributed by atoms with E-state index in [1.165, 1.54) is 6.20 Å². The fourth-order valence-corrected chi connectivity index (χ4v) is 1.55. The first-order chi connectivity index (χ1) is 8.70. The second kappa shape index (κ2) is 5.55. The molecular weight excluding hydrogens is 256 g/mol. The van der Waals surface area contributed by atoms with Crippen molar-refractivity contribution >= 4 is 23.6 Å². The molecule has 0 spiro atoms. The number of nitrogens with one attached hydrogen (secondary N) is 1. The summed E-state index contributed by atoms with van der Waals surface area (Å²) >= 11 is 5.81. The van der Waals surface area contributed by atoms with Crippen LogP contribution >= 0.6 is 11.6 Å². The predicted octanol–water partition coefficient (Wildman–Crippen LogP) is 3.56. The second-order valence-corrected chi connectivity index (χ2v) is 3.86. The number of halogens is 1. The SMILES string of the molecule is CCOC(=O)Nc1oncc1-c1ccc(Cl)cc1. The molecule has 1 N–H and O–H groups in total. The molecule has 94 valence electrons. The molecule has 1 aromatic heterocycles. The van der Waals surface area contributed by atoms with Gasteiger partial charge in [0.15, 0.2) is 0 Å². The molecule has 2 rings (SSSR count). The standard InChI is InChI=1S/C12H11ClN2O3/c1-2-17-12(16)15-11-10(7-14-18-11)8-3-5-9(13)6-4-8/h3-7H,2H2,1H3,(H,15,16). The zero-order valence-electron chi connectivity index (χ0n) is 9.64. The smallest absolute Gasteiger partial charge is 0.414 e. The van der Waals surface area contributed by atoms with Crippen LogP contribution in [0.1, 0.15) is 6.92 Å². The molecule has 6 heteroatoms. The summed E-state index contributed by atoms with van der Waals surface area (Å²) in [5.74, 6) is 0.246. The summed E-state index contributed by atoms with van der Waals surface area (Å²) in [6.45, 7) is 2.01. The van der Waals surface area contributed by atoms with Crippen molar-refractivity contribution in [1.29, 1.82) is 0 Å². The minimum absolute atomic E-state index is 0.246. The van der Waals surface area contributed by atoms with Gasteiger partial charge in [-0.1, -0.05) is 28.9 Å². The average Bonchev–Trinajstić information content (AvgIpc) is 2.78. The van der Waals surface area contributed by atoms with Crippen LogP contribution in [-0.2, 0) is 4.74 Å². The van der Waals surface area contributed by atoms with Crippen molar-refractivity contribution in [3.8, 4) is 11.1 Å². The fraction of sp³-hybridized carbons (Fsp3) is 0.167. The van der Waals surface area contributed by atoms with Gasteiger partial charge in [0, 0.05) is 5.02 Å². The van der Waals surface area contributed by atoms with Crippen LogP contribution in [0.25, 0.3) is 11.1 Å². The first-order valence-corrected chi connectivity index (χ1v) is 5.73. The molecule has 2 aromatic rings. The lowest BCUT2D eigenvalue weighted by atomic mass is 10.1. The Morgan fingerprint density at radius 2 is 2.17 bits per heavy atom. The molecule has 0 aliphatic rings. The molecule has 0 saturated carbocycles. The van der Waals surface area contributed by atoms with Gasteiger partial charge in [0.2, 0.25) is 5.88 Å². The molecule has 0 aliphatic heterocycles. The number of amides is 1. The van der Waals surface area contributed by atoms with E-state index in [1.54, 1.807) is 19.1 Å². The van der Waals surface area contributed by atoms with Gasteiger partial charge in [0.05, 0.1) is 18.4 Å². The van der Waals surface area contributed by atoms with E-state index in [0.29, 0.717) is 10.6 Å². The molecule has 0 bridgehead atoms. The topological polar surface area (TPSA) is 64.4 Å². The number of hydrogen-bond donors (Lipinski definition) is 1. The Kier molecular flexibility index (Phi) is 3.84. The van der Waals surface area contributed by atoms with E-state index < -0.39 is 6.09 Å². The van der Waals surface area contributed by atoms with Gasteiger partial charge < -0.3 is 9.26 Å². The van der Waals surface area contributed by atoms with Crippen LogP contribution in [0.15, 0.2) is 35.0 Å². The third kappa shape index (κ3) is 2.81. The van der Waals surface area contributed by atoms with Crippen LogP contribution < -0.4 is 5.32 Å². The number of aromatic nitrogens is 1. The number of rotatable bonds is 3. The van der Waals surface area contributed by atoms with Gasteiger partial charge in [0.1, 0.15) is 0 Å². The number of carbonyl (C=O) groups is 1. The molecular formula is C12H11ClN2O3. The second-order valence-electron chi connectivity index (χ2n) is 3.42. The highest BCUT2D eigenvalue weighted by molar-refractivity contribution is 6.30. The fourth-order valence-electron chi connectivity index (χ4n) is 1.42. The van der Waals surface area contributed by atoms with E-state index in [0.717, 1.165) is 5.56 Å². The van der Waals surface area contributed by atoms with Crippen LogP contribution in [0.2, 0.25) is 5.02 Å². The molecule has 0 aliphatic carbocycles. The Bertz CT molecular complexity index is 537. The van der Waals surface area contributed by atoms with Gasteiger partial charge >= 0.3 is 6.09 Å². The van der Waals surface area contributed by atoms with E-state index in [2.05, 4.69) is 10.5 Å². The van der Waals surface area contributed by atoms with E-state index in [-0.39, 0.29) is 12.5 Å². The van der Waals surface area contributed by atoms with Gasteiger partial charge in [-0.25, -0.2) is 4.79 Å². The summed E-state index contributed by atoms with van der Waals surface area (Å²) in [4.78, 5) is 11.3. The number of ether oxygens (including phenoxy) is 1. The first kappa shape index (κ1) is 12.4. The maximum atomic E-state index is 11.3. The third-order valence-electron chi connectivity index (χ3n) is 2.22. The van der Waals surface area contributed by atoms with Gasteiger partial charge in [0.25, 0.3) is 0 Å². The van der Waals surface area contributed by atoms with Crippen LogP contribution in [0.3, 0.4) is 0 Å². The minimum Gasteiger partial charge on any atom is -0.450 e. The van der Waals surface area contributed by atoms with Crippen molar-refractivity contribution < 1.29 is 14.1 Å². The lowest BCUT2D eigenvalue weighted by Gasteiger charge is -2.04. The van der Waals surface area contributed by atoms with Gasteiger partial charge in [-0.2, -0.15) is 0 Å². The van der Waals surface area contributed by atoms with Crippen molar-refractivity contribution in [3.05, 3.63) is 35.5 Å². The maximum Gasteiger partial charge on any atom is 0.414 e. The van der Waals surface area contributed by atoms with Crippen LogP contribution in [0.4, 0.5) is 10.7 Å². The Morgan fingerprint density at radius 3 is 2.83 bits per heavy atom. The van der Waals surface area contributed by atoms with Gasteiger partial charge in [-0.15, -0.1) is 0 Å². The first-order valence-electron chi connectivity index (χ1n) is 5.35. The zero-order chi connectivity index (χ0) is 13.0. The summed E-state index contributed by atoms with van der Waals surface area (Å²) in [6, 6.07) is 7.12. The normalized spacial score (nSPS) is 10.1. The quantitative estimate of drug-likeness (QED) is 0.922. The molecule has 1 amide bonds. The zero-order valence-corrected chi connectivity index (χ0v) is 10.4. The summed E-state index contributed by atoms with van der Waals surface area (Å²) in [6.07, 6.45) is 0.939. The molecule has 0 saturated heterocycles. The van der Waals surface area contributed by atoms with Gasteiger partial charge in [-0.3, -0.25) is 5.32 Å². The lowest BCUT2D eigenvalue weighted by Crippen LogP contribution is -2.13.